The summed E-state index contributed by atoms with van der Waals surface area (Å²) in [6.45, 7) is 0.271. The van der Waals surface area contributed by atoms with Crippen molar-refractivity contribution in [2.45, 2.75) is 25.7 Å². The molecule has 0 aromatic heterocycles. The summed E-state index contributed by atoms with van der Waals surface area (Å²) in [4.78, 5) is 23.0. The summed E-state index contributed by atoms with van der Waals surface area (Å²) in [5.74, 6) is -0.710. The number of Topliss-reactive ketones (excluding diaryl/α,β-unsaturated/α-hetero) is 1. The van der Waals surface area contributed by atoms with E-state index in [1.165, 1.54) is 0 Å². The molecule has 0 bridgehead atoms. The zero-order valence-electron chi connectivity index (χ0n) is 10.1. The molecular formula is C14H16O4. The highest BCUT2D eigenvalue weighted by molar-refractivity contribution is 6.00. The molecule has 1 aliphatic rings. The van der Waals surface area contributed by atoms with Gasteiger partial charge in [0, 0.05) is 12.8 Å². The maximum Gasteiger partial charge on any atom is 0.316 e. The molecule has 0 spiro atoms. The monoisotopic (exact) mass is 248 g/mol. The third kappa shape index (κ3) is 3.09. The molecule has 1 fully saturated rings. The SMILES string of the molecule is O=C1CCCC1C(=O)OCCc1ccc(O)cc1. The number of ether oxygens (including phenoxy) is 1. The first-order chi connectivity index (χ1) is 8.66. The van der Waals surface area contributed by atoms with Crippen molar-refractivity contribution >= 4 is 11.8 Å². The molecule has 1 aromatic rings. The Kier molecular flexibility index (Phi) is 3.97. The number of ketones is 1. The van der Waals surface area contributed by atoms with Crippen LogP contribution in [-0.4, -0.2) is 23.5 Å². The van der Waals surface area contributed by atoms with E-state index in [4.69, 9.17) is 9.84 Å². The maximum absolute atomic E-state index is 11.6. The molecule has 0 amide bonds. The number of aromatic hydroxyl groups is 1. The van der Waals surface area contributed by atoms with E-state index < -0.39 is 11.9 Å². The van der Waals surface area contributed by atoms with E-state index in [0.717, 1.165) is 12.0 Å². The van der Waals surface area contributed by atoms with Crippen molar-refractivity contribution in [3.05, 3.63) is 29.8 Å². The zero-order chi connectivity index (χ0) is 13.0. The van der Waals surface area contributed by atoms with Crippen LogP contribution in [0, 0.1) is 5.92 Å². The van der Waals surface area contributed by atoms with Gasteiger partial charge in [0.25, 0.3) is 0 Å². The predicted octanol–water partition coefficient (Wildman–Crippen LogP) is 1.85. The molecular weight excluding hydrogens is 232 g/mol. The summed E-state index contributed by atoms with van der Waals surface area (Å²) in [7, 11) is 0. The van der Waals surface area contributed by atoms with Crippen molar-refractivity contribution in [1.82, 2.24) is 0 Å². The van der Waals surface area contributed by atoms with E-state index in [1.807, 2.05) is 0 Å². The van der Waals surface area contributed by atoms with Gasteiger partial charge in [0.15, 0.2) is 0 Å². The average molecular weight is 248 g/mol. The third-order valence-corrected chi connectivity index (χ3v) is 3.16. The fourth-order valence-corrected chi connectivity index (χ4v) is 2.10. The minimum atomic E-state index is -0.537. The smallest absolute Gasteiger partial charge is 0.316 e. The van der Waals surface area contributed by atoms with Gasteiger partial charge in [-0.05, 0) is 30.5 Å². The van der Waals surface area contributed by atoms with E-state index in [0.29, 0.717) is 19.3 Å². The molecule has 0 heterocycles. The Balaban J connectivity index is 1.76. The van der Waals surface area contributed by atoms with Crippen LogP contribution in [0.25, 0.3) is 0 Å². The average Bonchev–Trinajstić information content (AvgIpc) is 2.78. The van der Waals surface area contributed by atoms with Gasteiger partial charge >= 0.3 is 5.97 Å². The van der Waals surface area contributed by atoms with Gasteiger partial charge in [-0.25, -0.2) is 0 Å². The number of benzene rings is 1. The first-order valence-electron chi connectivity index (χ1n) is 6.14. The van der Waals surface area contributed by atoms with Gasteiger partial charge in [0.2, 0.25) is 0 Å². The second-order valence-corrected chi connectivity index (χ2v) is 4.50. The lowest BCUT2D eigenvalue weighted by molar-refractivity contribution is -0.150. The van der Waals surface area contributed by atoms with Crippen molar-refractivity contribution in [1.29, 1.82) is 0 Å². The molecule has 0 saturated heterocycles. The molecule has 0 aliphatic heterocycles. The standard InChI is InChI=1S/C14H16O4/c15-11-6-4-10(5-7-11)8-9-18-14(17)12-2-1-3-13(12)16/h4-7,12,15H,1-3,8-9H2. The van der Waals surface area contributed by atoms with Crippen LogP contribution < -0.4 is 0 Å². The van der Waals surface area contributed by atoms with Crippen molar-refractivity contribution in [3.8, 4) is 5.75 Å². The fourth-order valence-electron chi connectivity index (χ4n) is 2.10. The van der Waals surface area contributed by atoms with Gasteiger partial charge in [-0.15, -0.1) is 0 Å². The van der Waals surface area contributed by atoms with E-state index in [1.54, 1.807) is 24.3 Å². The molecule has 1 atom stereocenters. The summed E-state index contributed by atoms with van der Waals surface area (Å²) in [5, 5.41) is 9.12. The third-order valence-electron chi connectivity index (χ3n) is 3.16. The van der Waals surface area contributed by atoms with E-state index in [2.05, 4.69) is 0 Å². The van der Waals surface area contributed by atoms with Crippen molar-refractivity contribution < 1.29 is 19.4 Å². The van der Waals surface area contributed by atoms with Crippen LogP contribution in [0.15, 0.2) is 24.3 Å². The van der Waals surface area contributed by atoms with Crippen molar-refractivity contribution in [2.75, 3.05) is 6.61 Å². The normalized spacial score (nSPS) is 18.9. The molecule has 1 aromatic carbocycles. The lowest BCUT2D eigenvalue weighted by atomic mass is 10.1. The predicted molar refractivity (Wildman–Crippen MR) is 65.1 cm³/mol. The van der Waals surface area contributed by atoms with Crippen LogP contribution in [0.1, 0.15) is 24.8 Å². The van der Waals surface area contributed by atoms with Crippen molar-refractivity contribution in [2.24, 2.45) is 5.92 Å². The Bertz CT molecular complexity index is 436. The number of hydrogen-bond donors (Lipinski definition) is 1. The summed E-state index contributed by atoms with van der Waals surface area (Å²) in [5.41, 5.74) is 0.985. The summed E-state index contributed by atoms with van der Waals surface area (Å²) >= 11 is 0. The van der Waals surface area contributed by atoms with E-state index in [-0.39, 0.29) is 18.1 Å². The van der Waals surface area contributed by atoms with Crippen molar-refractivity contribution in [3.63, 3.8) is 0 Å². The fraction of sp³-hybridized carbons (Fsp3) is 0.429. The van der Waals surface area contributed by atoms with Gasteiger partial charge in [0.1, 0.15) is 17.5 Å². The number of rotatable bonds is 4. The molecule has 96 valence electrons. The molecule has 1 unspecified atom stereocenters. The van der Waals surface area contributed by atoms with Crippen LogP contribution >= 0.6 is 0 Å². The minimum Gasteiger partial charge on any atom is -0.508 e. The maximum atomic E-state index is 11.6. The summed E-state index contributed by atoms with van der Waals surface area (Å²) < 4.78 is 5.11. The Morgan fingerprint density at radius 1 is 1.33 bits per heavy atom. The Morgan fingerprint density at radius 2 is 2.06 bits per heavy atom. The Hall–Kier alpha value is -1.84. The van der Waals surface area contributed by atoms with Gasteiger partial charge in [-0.2, -0.15) is 0 Å². The molecule has 4 heteroatoms. The molecule has 18 heavy (non-hydrogen) atoms. The van der Waals surface area contributed by atoms with Gasteiger partial charge < -0.3 is 9.84 Å². The van der Waals surface area contributed by atoms with Crippen LogP contribution in [0.2, 0.25) is 0 Å². The number of phenols is 1. The highest BCUT2D eigenvalue weighted by Crippen LogP contribution is 2.22. The quantitative estimate of drug-likeness (QED) is 0.652. The van der Waals surface area contributed by atoms with Crippen LogP contribution in [0.3, 0.4) is 0 Å². The number of carbonyl (C=O) groups is 2. The summed E-state index contributed by atoms with van der Waals surface area (Å²) in [6.07, 6.45) is 2.50. The summed E-state index contributed by atoms with van der Waals surface area (Å²) in [6, 6.07) is 6.75. The van der Waals surface area contributed by atoms with E-state index >= 15 is 0 Å². The van der Waals surface area contributed by atoms with Gasteiger partial charge in [0.05, 0.1) is 6.61 Å². The molecule has 2 rings (SSSR count). The number of carbonyl (C=O) groups excluding carboxylic acids is 2. The number of hydrogen-bond acceptors (Lipinski definition) is 4. The zero-order valence-corrected chi connectivity index (χ0v) is 10.1. The minimum absolute atomic E-state index is 0.00429. The van der Waals surface area contributed by atoms with E-state index in [9.17, 15) is 9.59 Å². The Morgan fingerprint density at radius 3 is 2.67 bits per heavy atom. The molecule has 1 aliphatic carbocycles. The second-order valence-electron chi connectivity index (χ2n) is 4.50. The highest BCUT2D eigenvalue weighted by Gasteiger charge is 2.32. The molecule has 1 N–H and O–H groups in total. The first-order valence-corrected chi connectivity index (χ1v) is 6.14. The van der Waals surface area contributed by atoms with Gasteiger partial charge in [-0.3, -0.25) is 9.59 Å². The largest absolute Gasteiger partial charge is 0.508 e. The Labute approximate surface area is 106 Å². The highest BCUT2D eigenvalue weighted by atomic mass is 16.5. The lowest BCUT2D eigenvalue weighted by Crippen LogP contribution is -2.22. The van der Waals surface area contributed by atoms with Crippen LogP contribution in [0.4, 0.5) is 0 Å². The second kappa shape index (κ2) is 5.67. The molecule has 4 nitrogen and oxygen atoms in total. The van der Waals surface area contributed by atoms with Crippen LogP contribution in [0.5, 0.6) is 5.75 Å². The van der Waals surface area contributed by atoms with Crippen LogP contribution in [-0.2, 0) is 20.7 Å². The first kappa shape index (κ1) is 12.6. The lowest BCUT2D eigenvalue weighted by Gasteiger charge is -2.08. The molecule has 0 radical (unpaired) electrons. The molecule has 1 saturated carbocycles. The topological polar surface area (TPSA) is 63.6 Å². The van der Waals surface area contributed by atoms with Gasteiger partial charge in [-0.1, -0.05) is 12.1 Å². The number of phenolic OH excluding ortho intramolecular Hbond substituents is 1. The number of esters is 1.